The second kappa shape index (κ2) is 6.25. The van der Waals surface area contributed by atoms with Crippen molar-refractivity contribution in [1.82, 2.24) is 5.32 Å². The van der Waals surface area contributed by atoms with E-state index in [1.807, 2.05) is 24.3 Å². The standard InChI is InChI=1S/C22H28N2O3/c1-27-19-4-2-3-18(9-19)24-13-17(8-20(24)25)21(26)23-22-10-14-5-15(11-22)7-16(6-14)12-22/h2-4,9,14-17H,5-8,10-13H2,1H3,(H,23,26)/t14?,15?,16?,17-,22?/m0/s1. The van der Waals surface area contributed by atoms with E-state index < -0.39 is 0 Å². The predicted octanol–water partition coefficient (Wildman–Crippen LogP) is 3.13. The number of carbonyl (C=O) groups excluding carboxylic acids is 2. The first-order chi connectivity index (χ1) is 13.0. The molecule has 0 unspecified atom stereocenters. The maximum absolute atomic E-state index is 13.1. The van der Waals surface area contributed by atoms with Crippen LogP contribution in [0.2, 0.25) is 0 Å². The summed E-state index contributed by atoms with van der Waals surface area (Å²) in [5.74, 6) is 2.98. The molecule has 1 aliphatic heterocycles. The van der Waals surface area contributed by atoms with Gasteiger partial charge < -0.3 is 15.0 Å². The van der Waals surface area contributed by atoms with Crippen LogP contribution in [0, 0.1) is 23.7 Å². The van der Waals surface area contributed by atoms with Crippen molar-refractivity contribution in [2.45, 2.75) is 50.5 Å². The number of ether oxygens (including phenoxy) is 1. The van der Waals surface area contributed by atoms with E-state index in [9.17, 15) is 9.59 Å². The van der Waals surface area contributed by atoms with Crippen molar-refractivity contribution in [3.63, 3.8) is 0 Å². The highest BCUT2D eigenvalue weighted by Gasteiger charge is 2.52. The summed E-state index contributed by atoms with van der Waals surface area (Å²) in [5.41, 5.74) is 0.822. The molecule has 0 radical (unpaired) electrons. The summed E-state index contributed by atoms with van der Waals surface area (Å²) < 4.78 is 5.27. The van der Waals surface area contributed by atoms with Crippen LogP contribution in [0.15, 0.2) is 24.3 Å². The van der Waals surface area contributed by atoms with E-state index in [1.165, 1.54) is 19.3 Å². The fourth-order valence-corrected chi connectivity index (χ4v) is 6.54. The zero-order valence-corrected chi connectivity index (χ0v) is 15.9. The molecule has 2 amide bonds. The average molecular weight is 368 g/mol. The first kappa shape index (κ1) is 17.1. The van der Waals surface area contributed by atoms with Crippen molar-refractivity contribution < 1.29 is 14.3 Å². The molecule has 0 aromatic heterocycles. The lowest BCUT2D eigenvalue weighted by Crippen LogP contribution is -2.60. The first-order valence-electron chi connectivity index (χ1n) is 10.3. The summed E-state index contributed by atoms with van der Waals surface area (Å²) in [7, 11) is 1.62. The highest BCUT2D eigenvalue weighted by atomic mass is 16.5. The van der Waals surface area contributed by atoms with Gasteiger partial charge in [-0.1, -0.05) is 6.07 Å². The third-order valence-electron chi connectivity index (χ3n) is 7.29. The van der Waals surface area contributed by atoms with Gasteiger partial charge in [-0.3, -0.25) is 9.59 Å². The highest BCUT2D eigenvalue weighted by molar-refractivity contribution is 6.00. The number of carbonyl (C=O) groups is 2. The minimum Gasteiger partial charge on any atom is -0.497 e. The van der Waals surface area contributed by atoms with Crippen LogP contribution in [-0.2, 0) is 9.59 Å². The fourth-order valence-electron chi connectivity index (χ4n) is 6.54. The van der Waals surface area contributed by atoms with Gasteiger partial charge in [0.05, 0.1) is 13.0 Å². The molecule has 0 spiro atoms. The van der Waals surface area contributed by atoms with E-state index in [0.29, 0.717) is 13.0 Å². The van der Waals surface area contributed by atoms with E-state index in [1.54, 1.807) is 12.0 Å². The number of nitrogens with one attached hydrogen (secondary N) is 1. The van der Waals surface area contributed by atoms with Gasteiger partial charge in [0.15, 0.2) is 0 Å². The van der Waals surface area contributed by atoms with Gasteiger partial charge in [0.1, 0.15) is 5.75 Å². The summed E-state index contributed by atoms with van der Waals surface area (Å²) in [6.07, 6.45) is 7.82. The molecule has 4 aliphatic carbocycles. The molecule has 1 saturated heterocycles. The van der Waals surface area contributed by atoms with E-state index in [2.05, 4.69) is 5.32 Å². The number of benzene rings is 1. The molecular formula is C22H28N2O3. The topological polar surface area (TPSA) is 58.6 Å². The number of methoxy groups -OCH3 is 1. The van der Waals surface area contributed by atoms with Gasteiger partial charge in [-0.15, -0.1) is 0 Å². The Morgan fingerprint density at radius 3 is 2.44 bits per heavy atom. The number of anilines is 1. The van der Waals surface area contributed by atoms with Crippen LogP contribution >= 0.6 is 0 Å². The number of rotatable bonds is 4. The van der Waals surface area contributed by atoms with Crippen LogP contribution in [0.5, 0.6) is 5.75 Å². The molecule has 1 N–H and O–H groups in total. The summed E-state index contributed by atoms with van der Waals surface area (Å²) in [6, 6.07) is 7.50. The van der Waals surface area contributed by atoms with Crippen molar-refractivity contribution in [3.8, 4) is 5.75 Å². The first-order valence-corrected chi connectivity index (χ1v) is 10.3. The number of hydrogen-bond donors (Lipinski definition) is 1. The molecule has 1 heterocycles. The SMILES string of the molecule is COc1cccc(N2C[C@@H](C(=O)NC34CC5CC(CC(C5)C3)C4)CC2=O)c1. The van der Waals surface area contributed by atoms with Crippen LogP contribution in [-0.4, -0.2) is 31.0 Å². The van der Waals surface area contributed by atoms with E-state index >= 15 is 0 Å². The Hall–Kier alpha value is -2.04. The normalized spacial score (nSPS) is 36.9. The van der Waals surface area contributed by atoms with Gasteiger partial charge in [-0.05, 0) is 68.4 Å². The van der Waals surface area contributed by atoms with Gasteiger partial charge in [0, 0.05) is 30.3 Å². The molecular weight excluding hydrogens is 340 g/mol. The Bertz CT molecular complexity index is 739. The van der Waals surface area contributed by atoms with Crippen LogP contribution in [0.3, 0.4) is 0 Å². The van der Waals surface area contributed by atoms with Crippen molar-refractivity contribution in [2.24, 2.45) is 23.7 Å². The maximum Gasteiger partial charge on any atom is 0.227 e. The zero-order chi connectivity index (χ0) is 18.6. The molecule has 144 valence electrons. The van der Waals surface area contributed by atoms with E-state index in [-0.39, 0.29) is 23.3 Å². The average Bonchev–Trinajstić information content (AvgIpc) is 3.02. The molecule has 1 atom stereocenters. The van der Waals surface area contributed by atoms with Crippen molar-refractivity contribution in [2.75, 3.05) is 18.6 Å². The summed E-state index contributed by atoms with van der Waals surface area (Å²) in [5, 5.41) is 3.44. The molecule has 5 fully saturated rings. The van der Waals surface area contributed by atoms with Crippen LogP contribution in [0.1, 0.15) is 44.9 Å². The Kier molecular flexibility index (Phi) is 3.95. The van der Waals surface area contributed by atoms with Gasteiger partial charge in [0.25, 0.3) is 0 Å². The summed E-state index contributed by atoms with van der Waals surface area (Å²) in [4.78, 5) is 27.3. The quantitative estimate of drug-likeness (QED) is 0.888. The second-order valence-electron chi connectivity index (χ2n) is 9.29. The monoisotopic (exact) mass is 368 g/mol. The Balaban J connectivity index is 1.28. The lowest BCUT2D eigenvalue weighted by atomic mass is 9.53. The molecule has 4 saturated carbocycles. The molecule has 5 heteroatoms. The van der Waals surface area contributed by atoms with E-state index in [0.717, 1.165) is 48.5 Å². The third-order valence-corrected chi connectivity index (χ3v) is 7.29. The largest absolute Gasteiger partial charge is 0.497 e. The lowest BCUT2D eigenvalue weighted by molar-refractivity contribution is -0.131. The van der Waals surface area contributed by atoms with Gasteiger partial charge in [-0.25, -0.2) is 0 Å². The molecule has 5 aliphatic rings. The molecule has 6 rings (SSSR count). The van der Waals surface area contributed by atoms with Crippen LogP contribution in [0.25, 0.3) is 0 Å². The molecule has 5 nitrogen and oxygen atoms in total. The maximum atomic E-state index is 13.1. The van der Waals surface area contributed by atoms with Gasteiger partial charge >= 0.3 is 0 Å². The zero-order valence-electron chi connectivity index (χ0n) is 15.9. The Labute approximate surface area is 160 Å². The van der Waals surface area contributed by atoms with Crippen LogP contribution in [0.4, 0.5) is 5.69 Å². The predicted molar refractivity (Wildman–Crippen MR) is 102 cm³/mol. The summed E-state index contributed by atoms with van der Waals surface area (Å²) in [6.45, 7) is 0.462. The smallest absolute Gasteiger partial charge is 0.227 e. The van der Waals surface area contributed by atoms with Crippen molar-refractivity contribution in [1.29, 1.82) is 0 Å². The Morgan fingerprint density at radius 1 is 1.15 bits per heavy atom. The highest BCUT2D eigenvalue weighted by Crippen LogP contribution is 2.55. The summed E-state index contributed by atoms with van der Waals surface area (Å²) >= 11 is 0. The number of hydrogen-bond acceptors (Lipinski definition) is 3. The van der Waals surface area contributed by atoms with Crippen LogP contribution < -0.4 is 15.0 Å². The molecule has 1 aromatic carbocycles. The van der Waals surface area contributed by atoms with Gasteiger partial charge in [0.2, 0.25) is 11.8 Å². The van der Waals surface area contributed by atoms with Crippen molar-refractivity contribution in [3.05, 3.63) is 24.3 Å². The second-order valence-corrected chi connectivity index (χ2v) is 9.29. The molecule has 1 aromatic rings. The Morgan fingerprint density at radius 2 is 1.81 bits per heavy atom. The number of nitrogens with zero attached hydrogens (tertiary/aromatic N) is 1. The minimum absolute atomic E-state index is 0.0122. The number of amides is 2. The molecule has 4 bridgehead atoms. The fraction of sp³-hybridized carbons (Fsp3) is 0.636. The van der Waals surface area contributed by atoms with Crippen molar-refractivity contribution >= 4 is 17.5 Å². The van der Waals surface area contributed by atoms with Gasteiger partial charge in [-0.2, -0.15) is 0 Å². The molecule has 27 heavy (non-hydrogen) atoms. The third kappa shape index (κ3) is 3.01. The van der Waals surface area contributed by atoms with E-state index in [4.69, 9.17) is 4.74 Å². The lowest BCUT2D eigenvalue weighted by Gasteiger charge is -2.57. The minimum atomic E-state index is -0.253.